The van der Waals surface area contributed by atoms with Crippen LogP contribution in [-0.2, 0) is 17.8 Å². The molecule has 1 fully saturated rings. The van der Waals surface area contributed by atoms with E-state index in [0.29, 0.717) is 36.0 Å². The Bertz CT molecular complexity index is 1690. The molecule has 1 saturated heterocycles. The zero-order valence-electron chi connectivity index (χ0n) is 23.9. The fourth-order valence-corrected chi connectivity index (χ4v) is 6.00. The zero-order chi connectivity index (χ0) is 29.8. The first kappa shape index (κ1) is 28.6. The van der Waals surface area contributed by atoms with Gasteiger partial charge in [-0.3, -0.25) is 9.69 Å². The second kappa shape index (κ2) is 12.4. The molecule has 5 aromatic rings. The SMILES string of the molecule is COc1ccc(CC2(C(=O)O)CCN(Cc3ccc(-c4noc(-c5ccc(-c6ccccc6)c(Cl)c5)n4)cc3)CC2)cc1. The van der Waals surface area contributed by atoms with Crippen LogP contribution >= 0.6 is 11.6 Å². The van der Waals surface area contributed by atoms with Crippen molar-refractivity contribution in [3.05, 3.63) is 113 Å². The number of nitrogens with zero attached hydrogens (tertiary/aromatic N) is 3. The third-order valence-electron chi connectivity index (χ3n) is 8.31. The number of piperidine rings is 1. The molecule has 0 spiro atoms. The lowest BCUT2D eigenvalue weighted by molar-refractivity contribution is -0.152. The van der Waals surface area contributed by atoms with Gasteiger partial charge < -0.3 is 14.4 Å². The predicted octanol–water partition coefficient (Wildman–Crippen LogP) is 7.64. The van der Waals surface area contributed by atoms with Crippen molar-refractivity contribution in [1.29, 1.82) is 0 Å². The fraction of sp³-hybridized carbons (Fsp3) is 0.229. The molecule has 0 radical (unpaired) electrons. The van der Waals surface area contributed by atoms with E-state index < -0.39 is 11.4 Å². The maximum atomic E-state index is 12.4. The molecular weight excluding hydrogens is 562 g/mol. The molecule has 4 aromatic carbocycles. The van der Waals surface area contributed by atoms with Crippen LogP contribution in [0.3, 0.4) is 0 Å². The van der Waals surface area contributed by atoms with Gasteiger partial charge in [0.2, 0.25) is 5.82 Å². The molecule has 0 unspecified atom stereocenters. The van der Waals surface area contributed by atoms with Crippen molar-refractivity contribution in [3.8, 4) is 39.7 Å². The summed E-state index contributed by atoms with van der Waals surface area (Å²) in [5.74, 6) is 0.965. The predicted molar refractivity (Wildman–Crippen MR) is 167 cm³/mol. The van der Waals surface area contributed by atoms with E-state index in [0.717, 1.165) is 58.8 Å². The van der Waals surface area contributed by atoms with Crippen molar-refractivity contribution < 1.29 is 19.2 Å². The molecule has 6 rings (SSSR count). The van der Waals surface area contributed by atoms with Gasteiger partial charge in [0.15, 0.2) is 0 Å². The summed E-state index contributed by atoms with van der Waals surface area (Å²) >= 11 is 6.59. The van der Waals surface area contributed by atoms with Crippen molar-refractivity contribution in [2.45, 2.75) is 25.8 Å². The normalized spacial score (nSPS) is 14.8. The quantitative estimate of drug-likeness (QED) is 0.188. The number of methoxy groups -OCH3 is 1. The highest BCUT2D eigenvalue weighted by Gasteiger charge is 2.41. The number of benzene rings is 4. The van der Waals surface area contributed by atoms with E-state index in [9.17, 15) is 9.90 Å². The van der Waals surface area contributed by atoms with Gasteiger partial charge in [0.05, 0.1) is 12.5 Å². The van der Waals surface area contributed by atoms with Crippen LogP contribution in [0.5, 0.6) is 5.75 Å². The number of halogens is 1. The number of hydrogen-bond acceptors (Lipinski definition) is 6. The standard InChI is InChI=1S/C35H32ClN3O4/c1-42-29-14-9-24(10-15-29)22-35(34(40)41)17-19-39(20-18-35)23-25-7-11-27(12-8-25)32-37-33(43-38-32)28-13-16-30(31(36)21-28)26-5-3-2-4-6-26/h2-16,21H,17-20,22-23H2,1H3,(H,40,41). The van der Waals surface area contributed by atoms with Crippen molar-refractivity contribution in [3.63, 3.8) is 0 Å². The van der Waals surface area contributed by atoms with E-state index >= 15 is 0 Å². The van der Waals surface area contributed by atoms with Gasteiger partial charge in [0.1, 0.15) is 5.75 Å². The Labute approximate surface area is 255 Å². The number of likely N-dealkylation sites (tertiary alicyclic amines) is 1. The maximum Gasteiger partial charge on any atom is 0.310 e. The van der Waals surface area contributed by atoms with Crippen LogP contribution in [0.1, 0.15) is 24.0 Å². The minimum atomic E-state index is -0.753. The smallest absolute Gasteiger partial charge is 0.310 e. The largest absolute Gasteiger partial charge is 0.497 e. The minimum absolute atomic E-state index is 0.408. The molecule has 1 aliphatic rings. The van der Waals surface area contributed by atoms with Gasteiger partial charge >= 0.3 is 5.97 Å². The number of hydrogen-bond donors (Lipinski definition) is 1. The molecule has 0 saturated carbocycles. The number of carboxylic acid groups (broad SMARTS) is 1. The third kappa shape index (κ3) is 6.33. The van der Waals surface area contributed by atoms with Gasteiger partial charge in [-0.25, -0.2) is 0 Å². The second-order valence-corrected chi connectivity index (χ2v) is 11.5. The molecule has 1 aliphatic heterocycles. The lowest BCUT2D eigenvalue weighted by Gasteiger charge is -2.39. The first-order chi connectivity index (χ1) is 20.9. The van der Waals surface area contributed by atoms with E-state index in [1.54, 1.807) is 7.11 Å². The monoisotopic (exact) mass is 593 g/mol. The van der Waals surface area contributed by atoms with E-state index in [4.69, 9.17) is 20.9 Å². The first-order valence-electron chi connectivity index (χ1n) is 14.3. The minimum Gasteiger partial charge on any atom is -0.497 e. The Hall–Kier alpha value is -4.46. The Balaban J connectivity index is 1.08. The first-order valence-corrected chi connectivity index (χ1v) is 14.7. The molecule has 7 nitrogen and oxygen atoms in total. The Morgan fingerprint density at radius 2 is 1.58 bits per heavy atom. The molecule has 218 valence electrons. The van der Waals surface area contributed by atoms with Crippen molar-refractivity contribution in [2.75, 3.05) is 20.2 Å². The van der Waals surface area contributed by atoms with Crippen LogP contribution in [0.15, 0.2) is 102 Å². The van der Waals surface area contributed by atoms with E-state index in [1.165, 1.54) is 0 Å². The molecule has 0 atom stereocenters. The summed E-state index contributed by atoms with van der Waals surface area (Å²) in [5, 5.41) is 15.0. The van der Waals surface area contributed by atoms with Gasteiger partial charge in [-0.2, -0.15) is 4.98 Å². The van der Waals surface area contributed by atoms with Crippen LogP contribution in [0.4, 0.5) is 0 Å². The molecule has 2 heterocycles. The summed E-state index contributed by atoms with van der Waals surface area (Å²) in [6.07, 6.45) is 1.73. The number of ether oxygens (including phenoxy) is 1. The van der Waals surface area contributed by atoms with Crippen molar-refractivity contribution >= 4 is 17.6 Å². The van der Waals surface area contributed by atoms with Crippen molar-refractivity contribution in [1.82, 2.24) is 15.0 Å². The van der Waals surface area contributed by atoms with Crippen LogP contribution < -0.4 is 4.74 Å². The van der Waals surface area contributed by atoms with Gasteiger partial charge in [0.25, 0.3) is 5.89 Å². The fourth-order valence-electron chi connectivity index (χ4n) is 5.71. The summed E-state index contributed by atoms with van der Waals surface area (Å²) in [4.78, 5) is 19.3. The Morgan fingerprint density at radius 1 is 0.907 bits per heavy atom. The Kier molecular flexibility index (Phi) is 8.27. The van der Waals surface area contributed by atoms with Gasteiger partial charge in [-0.1, -0.05) is 89.6 Å². The lowest BCUT2D eigenvalue weighted by atomic mass is 9.73. The van der Waals surface area contributed by atoms with Crippen LogP contribution in [0, 0.1) is 5.41 Å². The Morgan fingerprint density at radius 3 is 2.23 bits per heavy atom. The van der Waals surface area contributed by atoms with Crippen LogP contribution in [0.25, 0.3) is 34.0 Å². The molecule has 8 heteroatoms. The number of carboxylic acids is 1. The summed E-state index contributed by atoms with van der Waals surface area (Å²) in [5.41, 5.74) is 5.02. The average molecular weight is 594 g/mol. The molecular formula is C35H32ClN3O4. The van der Waals surface area contributed by atoms with Crippen LogP contribution in [0.2, 0.25) is 5.02 Å². The summed E-state index contributed by atoms with van der Waals surface area (Å²) in [7, 11) is 1.63. The van der Waals surface area contributed by atoms with E-state index in [2.05, 4.69) is 27.2 Å². The molecule has 43 heavy (non-hydrogen) atoms. The van der Waals surface area contributed by atoms with Gasteiger partial charge in [0, 0.05) is 28.3 Å². The number of carbonyl (C=O) groups is 1. The average Bonchev–Trinajstić information content (AvgIpc) is 3.54. The van der Waals surface area contributed by atoms with E-state index in [-0.39, 0.29) is 0 Å². The van der Waals surface area contributed by atoms with Gasteiger partial charge in [-0.15, -0.1) is 0 Å². The topological polar surface area (TPSA) is 88.7 Å². The van der Waals surface area contributed by atoms with E-state index in [1.807, 2.05) is 84.9 Å². The third-order valence-corrected chi connectivity index (χ3v) is 8.63. The molecule has 1 N–H and O–H groups in total. The number of rotatable bonds is 9. The summed E-state index contributed by atoms with van der Waals surface area (Å²) in [6, 6.07) is 31.5. The maximum absolute atomic E-state index is 12.4. The number of aliphatic carboxylic acids is 1. The lowest BCUT2D eigenvalue weighted by Crippen LogP contribution is -2.45. The highest BCUT2D eigenvalue weighted by molar-refractivity contribution is 6.33. The molecule has 1 aromatic heterocycles. The molecule has 0 amide bonds. The number of aromatic nitrogens is 2. The highest BCUT2D eigenvalue weighted by atomic mass is 35.5. The second-order valence-electron chi connectivity index (χ2n) is 11.1. The van der Waals surface area contributed by atoms with Crippen molar-refractivity contribution in [2.24, 2.45) is 5.41 Å². The summed E-state index contributed by atoms with van der Waals surface area (Å²) < 4.78 is 10.8. The van der Waals surface area contributed by atoms with Crippen LogP contribution in [-0.4, -0.2) is 46.3 Å². The molecule has 0 bridgehead atoms. The summed E-state index contributed by atoms with van der Waals surface area (Å²) in [6.45, 7) is 2.20. The van der Waals surface area contributed by atoms with Gasteiger partial charge in [-0.05, 0) is 73.3 Å². The zero-order valence-corrected chi connectivity index (χ0v) is 24.6. The highest BCUT2D eigenvalue weighted by Crippen LogP contribution is 2.37. The molecule has 0 aliphatic carbocycles.